The van der Waals surface area contributed by atoms with Gasteiger partial charge in [-0.15, -0.1) is 0 Å². The number of rotatable bonds is 11. The Labute approximate surface area is 930 Å². The van der Waals surface area contributed by atoms with Gasteiger partial charge < -0.3 is 62.3 Å². The van der Waals surface area contributed by atoms with Gasteiger partial charge >= 0.3 is 12.2 Å². The fourth-order valence-electron chi connectivity index (χ4n) is 12.6. The Morgan fingerprint density at radius 1 is 0.507 bits per heavy atom. The number of hydrogen-bond donors (Lipinski definition) is 7. The number of amides is 5. The fourth-order valence-corrected chi connectivity index (χ4v) is 15.2. The summed E-state index contributed by atoms with van der Waals surface area (Å²) in [5.74, 6) is 4.58. The molecule has 0 radical (unpaired) electrons. The first kappa shape index (κ1) is 123. The maximum absolute atomic E-state index is 14.2. The van der Waals surface area contributed by atoms with Crippen LogP contribution < -0.4 is 57.7 Å². The Bertz CT molecular complexity index is 6260. The molecule has 13 heterocycles. The summed E-state index contributed by atoms with van der Waals surface area (Å²) >= 11 is 55.8. The van der Waals surface area contributed by atoms with E-state index in [0.29, 0.717) is 107 Å². The van der Waals surface area contributed by atoms with Gasteiger partial charge in [-0.1, -0.05) is 253 Å². The topological polar surface area (TPSA) is 374 Å². The van der Waals surface area contributed by atoms with Crippen molar-refractivity contribution in [2.24, 2.45) is 10.8 Å². The number of allylic oxidation sites excluding steroid dienone is 1. The highest BCUT2D eigenvalue weighted by molar-refractivity contribution is 14.1. The lowest BCUT2D eigenvalue weighted by Crippen LogP contribution is -2.38. The summed E-state index contributed by atoms with van der Waals surface area (Å²) in [6, 6.07) is 42.4. The van der Waals surface area contributed by atoms with E-state index >= 15 is 0 Å². The van der Waals surface area contributed by atoms with Crippen LogP contribution in [0.4, 0.5) is 70.7 Å². The SMILES string of the molecule is C=C(C)CBr.C=C(C)CNc1nc(Cl)ccc1I.CC(C)(C)C(=O)Nc1cccc(Cl)n1.CC(C)(C)C(=O)Nc1nc(Cl)ccc1I.CC(C)(C)OC(=O)N1CC(C)(C)c2ccc(Cl)nc21.CC(C)(C)OC(=O)N1CC(C)(C)c2ccc(N)nc21.CC1(C)CNc2nc(Cl)ccc21.COc1ccc(CN2Cc3nc(-c4c(F)cccc4F)cc(Cl)c3C2=O)c(OC)c1.Nc1cccc(Cl)n1.Nc1nc(Cl)ccc1I. The van der Waals surface area contributed by atoms with Gasteiger partial charge in [0.25, 0.3) is 5.91 Å². The number of nitrogen functional groups attached to an aromatic ring is 3. The predicted molar refractivity (Wildman–Crippen MR) is 611 cm³/mol. The molecule has 4 aliphatic heterocycles. The molecule has 10 N–H and O–H groups in total. The highest BCUT2D eigenvalue weighted by Crippen LogP contribution is 2.44. The predicted octanol–water partition coefficient (Wildman–Crippen LogP) is 28.3. The van der Waals surface area contributed by atoms with Crippen molar-refractivity contribution in [2.75, 3.05) is 94.0 Å². The minimum atomic E-state index is -0.748. The van der Waals surface area contributed by atoms with Crippen LogP contribution in [0.15, 0.2) is 176 Å². The van der Waals surface area contributed by atoms with Gasteiger partial charge in [0.05, 0.1) is 65.6 Å². The molecule has 0 saturated carbocycles. The van der Waals surface area contributed by atoms with Crippen molar-refractivity contribution < 1.29 is 51.7 Å². The van der Waals surface area contributed by atoms with Crippen molar-refractivity contribution in [3.05, 3.63) is 273 Å². The van der Waals surface area contributed by atoms with Crippen molar-refractivity contribution >= 4 is 259 Å². The molecular formula is C102H119BrCl8F2I3N19O9. The van der Waals surface area contributed by atoms with Crippen LogP contribution in [0.2, 0.25) is 41.1 Å². The first-order chi connectivity index (χ1) is 66.8. The normalized spacial score (nSPS) is 13.3. The fraction of sp³-hybridized carbons (Fsp3) is 0.353. The van der Waals surface area contributed by atoms with Crippen LogP contribution in [0.5, 0.6) is 11.5 Å². The third-order valence-electron chi connectivity index (χ3n) is 19.8. The van der Waals surface area contributed by atoms with Crippen molar-refractivity contribution in [3.8, 4) is 22.8 Å². The van der Waals surface area contributed by atoms with Crippen molar-refractivity contribution in [1.82, 2.24) is 49.8 Å². The van der Waals surface area contributed by atoms with Crippen LogP contribution in [0.3, 0.4) is 0 Å². The Morgan fingerprint density at radius 3 is 1.44 bits per heavy atom. The third kappa shape index (κ3) is 39.1. The highest BCUT2D eigenvalue weighted by atomic mass is 127. The number of ether oxygens (including phenoxy) is 4. The summed E-state index contributed by atoms with van der Waals surface area (Å²) in [6.07, 6.45) is -0.758. The second-order valence-corrected chi connectivity index (χ2v) is 45.7. The van der Waals surface area contributed by atoms with Gasteiger partial charge in [-0.25, -0.2) is 63.2 Å². The molecular weight excluding hydrogens is 2420 g/mol. The van der Waals surface area contributed by atoms with Gasteiger partial charge in [-0.05, 0) is 232 Å². The zero-order chi connectivity index (χ0) is 108. The quantitative estimate of drug-likeness (QED) is 0.0274. The van der Waals surface area contributed by atoms with Crippen LogP contribution in [-0.4, -0.2) is 137 Å². The molecule has 4 aliphatic rings. The number of nitrogens with one attached hydrogen (secondary N) is 4. The van der Waals surface area contributed by atoms with Crippen LogP contribution in [-0.2, 0) is 48.4 Å². The molecule has 15 rings (SSSR count). The maximum atomic E-state index is 14.2. The van der Waals surface area contributed by atoms with E-state index in [1.54, 1.807) is 101 Å². The van der Waals surface area contributed by atoms with E-state index in [4.69, 9.17) is 129 Å². The van der Waals surface area contributed by atoms with Crippen LogP contribution in [0, 0.1) is 33.2 Å². The number of anilines is 9. The number of carbonyl (C=O) groups excluding carboxylic acids is 5. The second kappa shape index (κ2) is 54.6. The van der Waals surface area contributed by atoms with E-state index in [1.807, 2.05) is 145 Å². The highest BCUT2D eigenvalue weighted by Gasteiger charge is 2.43. The van der Waals surface area contributed by atoms with Crippen molar-refractivity contribution in [2.45, 2.75) is 179 Å². The Balaban J connectivity index is 0.000000252. The molecule has 9 aromatic heterocycles. The number of carbonyl (C=O) groups is 5. The van der Waals surface area contributed by atoms with Gasteiger partial charge in [0.2, 0.25) is 11.8 Å². The number of benzene rings is 2. The lowest BCUT2D eigenvalue weighted by molar-refractivity contribution is -0.123. The van der Waals surface area contributed by atoms with Gasteiger partial charge in [0.1, 0.15) is 123 Å². The van der Waals surface area contributed by atoms with E-state index in [2.05, 4.69) is 205 Å². The summed E-state index contributed by atoms with van der Waals surface area (Å²) in [6.45, 7) is 49.4. The molecule has 42 heteroatoms. The molecule has 0 bridgehead atoms. The molecule has 0 atom stereocenters. The van der Waals surface area contributed by atoms with E-state index in [9.17, 15) is 32.8 Å². The Morgan fingerprint density at radius 2 is 0.958 bits per heavy atom. The van der Waals surface area contributed by atoms with Crippen LogP contribution in [0.25, 0.3) is 11.3 Å². The van der Waals surface area contributed by atoms with E-state index in [1.165, 1.54) is 30.4 Å². The molecule has 0 fully saturated rings. The molecule has 0 saturated heterocycles. The average molecular weight is 2540 g/mol. The molecule has 11 aromatic rings. The monoisotopic (exact) mass is 2530 g/mol. The summed E-state index contributed by atoms with van der Waals surface area (Å²) in [7, 11) is 3.09. The lowest BCUT2D eigenvalue weighted by Gasteiger charge is -2.25. The maximum Gasteiger partial charge on any atom is 0.416 e. The number of fused-ring (bicyclic) bond motifs is 4. The molecule has 0 spiro atoms. The molecule has 0 unspecified atom stereocenters. The zero-order valence-electron chi connectivity index (χ0n) is 83.9. The minimum absolute atomic E-state index is 0.0472. The van der Waals surface area contributed by atoms with E-state index < -0.39 is 33.7 Å². The van der Waals surface area contributed by atoms with Gasteiger partial charge in [-0.3, -0.25) is 24.2 Å². The number of halogens is 14. The van der Waals surface area contributed by atoms with E-state index in [-0.39, 0.29) is 81.1 Å². The van der Waals surface area contributed by atoms with Gasteiger partial charge in [0.15, 0.2) is 0 Å². The number of nitrogens with zero attached hydrogens (tertiary/aromatic N) is 12. The minimum Gasteiger partial charge on any atom is -0.497 e. The van der Waals surface area contributed by atoms with Crippen LogP contribution >= 0.6 is 177 Å². The molecule has 28 nitrogen and oxygen atoms in total. The smallest absolute Gasteiger partial charge is 0.416 e. The standard InChI is InChI=1S/C22H17ClF2N2O3.C14H19ClN2O2.C14H21N3O2.C10H12ClIN2O.C10H13ClN2O.C9H10ClIN2.C9H11ClN2.C5H4ClIN2.C5H5ClN2.C4H7Br/c1-29-13-7-6-12(19(8-13)30-2)10-27-11-18-20(22(27)28)14(23)9-17(26-18)21-15(24)4-3-5-16(21)25;2*1-13(2,3)19-12(18)17-8-14(4,5)9-6-7-10(15)16-11(9)17;1-10(2,3)9(15)14-8-6(12)4-5-7(11)13-8;1-10(2,3)9(14)13-8-6-4-5-7(11)12-8;1-6(2)5-12-9-7(11)3-4-8(10)13-9;1-9(2)5-11-8-6(9)3-4-7(10)12-8;6-4-2-1-3(7)5(8)9-4;6-4-2-1-3-5(7)8-4;1-4(2)3-5/h3-9H,10-11H2,1-2H3;6-7H,8H2,1-5H3;6-7H,8H2,1-5H3,(H2,15,16);4-5H,1-3H3,(H,13,14,15);4-6H,1-3H3,(H,12,13,14);3-4H,1,5H2,2H3,(H,12,13);3-4H,5H2,1-2H3,(H,11,12);1-2H,(H2,8,9);1-3H,(H2,7,8);1,3H2,2H3. The number of hydrogen-bond acceptors (Lipinski definition) is 23. The first-order valence-electron chi connectivity index (χ1n) is 44.2. The number of aromatic nitrogens is 9. The summed E-state index contributed by atoms with van der Waals surface area (Å²) in [4.78, 5) is 102. The number of pyridine rings is 9. The molecule has 0 aliphatic carbocycles. The molecule has 144 heavy (non-hydrogen) atoms. The summed E-state index contributed by atoms with van der Waals surface area (Å²) in [5, 5.41) is 15.9. The van der Waals surface area contributed by atoms with Gasteiger partial charge in [-0.2, -0.15) is 0 Å². The second-order valence-electron chi connectivity index (χ2n) is 38.5. The lowest BCUT2D eigenvalue weighted by atomic mass is 9.88. The van der Waals surface area contributed by atoms with E-state index in [0.717, 1.165) is 75.2 Å². The molecule has 2 aromatic carbocycles. The summed E-state index contributed by atoms with van der Waals surface area (Å²) in [5.41, 5.74) is 21.1. The summed E-state index contributed by atoms with van der Waals surface area (Å²) < 4.78 is 52.6. The Hall–Kier alpha value is -9.33. The number of nitrogens with two attached hydrogens (primary N) is 3. The van der Waals surface area contributed by atoms with Crippen LogP contribution in [0.1, 0.15) is 177 Å². The number of alkyl halides is 1. The zero-order valence-corrected chi connectivity index (χ0v) is 98.0. The van der Waals surface area contributed by atoms with Crippen molar-refractivity contribution in [1.29, 1.82) is 0 Å². The molecule has 774 valence electrons. The Kier molecular flexibility index (Phi) is 46.7. The average Bonchev–Trinajstić information content (AvgIpc) is 1.61. The molecule has 5 amide bonds. The number of methoxy groups -OCH3 is 2. The third-order valence-corrected chi connectivity index (χ3v) is 25.2. The first-order valence-corrected chi connectivity index (χ1v) is 51.6. The largest absolute Gasteiger partial charge is 0.497 e. The van der Waals surface area contributed by atoms with Crippen molar-refractivity contribution in [3.63, 3.8) is 0 Å². The van der Waals surface area contributed by atoms with Gasteiger partial charge in [0, 0.05) is 86.9 Å².